The van der Waals surface area contributed by atoms with Crippen LogP contribution < -0.4 is 5.32 Å². The predicted octanol–water partition coefficient (Wildman–Crippen LogP) is 3.23. The van der Waals surface area contributed by atoms with E-state index in [-0.39, 0.29) is 0 Å². The van der Waals surface area contributed by atoms with E-state index in [2.05, 4.69) is 76.0 Å². The molecule has 3 heteroatoms. The van der Waals surface area contributed by atoms with E-state index in [0.29, 0.717) is 6.04 Å². The van der Waals surface area contributed by atoms with Crippen molar-refractivity contribution in [2.75, 3.05) is 26.2 Å². The number of benzene rings is 2. The number of nitrogens with one attached hydrogen (secondary N) is 2. The van der Waals surface area contributed by atoms with Crippen molar-refractivity contribution in [2.24, 2.45) is 0 Å². The third kappa shape index (κ3) is 3.53. The molecule has 24 heavy (non-hydrogen) atoms. The molecule has 124 valence electrons. The Hall–Kier alpha value is -2.10. The zero-order chi connectivity index (χ0) is 16.2. The van der Waals surface area contributed by atoms with E-state index in [1.54, 1.807) is 0 Å². The molecule has 1 aliphatic heterocycles. The fourth-order valence-corrected chi connectivity index (χ4v) is 3.73. The molecular formula is C21H25N3. The molecule has 1 aromatic heterocycles. The van der Waals surface area contributed by atoms with Crippen molar-refractivity contribution in [1.29, 1.82) is 0 Å². The van der Waals surface area contributed by atoms with Crippen LogP contribution in [0.1, 0.15) is 11.1 Å². The molecule has 2 N–H and O–H groups in total. The van der Waals surface area contributed by atoms with Crippen molar-refractivity contribution < 1.29 is 0 Å². The van der Waals surface area contributed by atoms with Gasteiger partial charge in [0.2, 0.25) is 0 Å². The minimum atomic E-state index is 0.536. The first-order chi connectivity index (χ1) is 11.9. The Kier molecular flexibility index (Phi) is 4.63. The molecule has 0 amide bonds. The van der Waals surface area contributed by atoms with Crippen LogP contribution in [-0.2, 0) is 12.8 Å². The molecule has 3 aromatic rings. The van der Waals surface area contributed by atoms with Gasteiger partial charge >= 0.3 is 0 Å². The highest BCUT2D eigenvalue weighted by Crippen LogP contribution is 2.20. The van der Waals surface area contributed by atoms with Gasteiger partial charge in [0.05, 0.1) is 0 Å². The standard InChI is InChI=1S/C21H25N3/c1-2-6-17(7-3-1)10-12-24-13-11-22-19(16-24)14-18-15-23-21-9-5-4-8-20(18)21/h1-9,15,19,22-23H,10-14,16H2/t19-/m1/s1. The Labute approximate surface area is 143 Å². The number of rotatable bonds is 5. The molecule has 0 bridgehead atoms. The van der Waals surface area contributed by atoms with Crippen LogP contribution in [0, 0.1) is 0 Å². The molecule has 2 aromatic carbocycles. The van der Waals surface area contributed by atoms with E-state index in [9.17, 15) is 0 Å². The van der Waals surface area contributed by atoms with Crippen LogP contribution in [0.5, 0.6) is 0 Å². The summed E-state index contributed by atoms with van der Waals surface area (Å²) < 4.78 is 0. The Morgan fingerprint density at radius 2 is 1.83 bits per heavy atom. The van der Waals surface area contributed by atoms with Gasteiger partial charge in [-0.2, -0.15) is 0 Å². The van der Waals surface area contributed by atoms with E-state index in [0.717, 1.165) is 39.0 Å². The molecule has 0 aliphatic carbocycles. The van der Waals surface area contributed by atoms with Gasteiger partial charge in [0, 0.05) is 49.3 Å². The minimum absolute atomic E-state index is 0.536. The summed E-state index contributed by atoms with van der Waals surface area (Å²) in [6.07, 6.45) is 4.40. The number of nitrogens with zero attached hydrogens (tertiary/aromatic N) is 1. The van der Waals surface area contributed by atoms with Gasteiger partial charge in [-0.3, -0.25) is 0 Å². The Morgan fingerprint density at radius 3 is 2.75 bits per heavy atom. The van der Waals surface area contributed by atoms with Crippen molar-refractivity contribution in [2.45, 2.75) is 18.9 Å². The molecule has 0 radical (unpaired) electrons. The first kappa shape index (κ1) is 15.4. The fraction of sp³-hybridized carbons (Fsp3) is 0.333. The zero-order valence-corrected chi connectivity index (χ0v) is 14.0. The summed E-state index contributed by atoms with van der Waals surface area (Å²) in [4.78, 5) is 5.99. The molecule has 1 aliphatic rings. The summed E-state index contributed by atoms with van der Waals surface area (Å²) >= 11 is 0. The number of piperazine rings is 1. The van der Waals surface area contributed by atoms with Gasteiger partial charge in [-0.15, -0.1) is 0 Å². The molecule has 0 spiro atoms. The van der Waals surface area contributed by atoms with Gasteiger partial charge in [-0.1, -0.05) is 48.5 Å². The lowest BCUT2D eigenvalue weighted by Gasteiger charge is -2.33. The molecule has 1 fully saturated rings. The molecule has 2 heterocycles. The molecule has 1 saturated heterocycles. The molecule has 3 nitrogen and oxygen atoms in total. The van der Waals surface area contributed by atoms with Crippen LogP contribution in [0.25, 0.3) is 10.9 Å². The first-order valence-electron chi connectivity index (χ1n) is 8.93. The van der Waals surface area contributed by atoms with Gasteiger partial charge in [-0.05, 0) is 30.0 Å². The molecule has 0 unspecified atom stereocenters. The van der Waals surface area contributed by atoms with Gasteiger partial charge in [0.1, 0.15) is 0 Å². The highest BCUT2D eigenvalue weighted by atomic mass is 15.2. The number of H-pyrrole nitrogens is 1. The monoisotopic (exact) mass is 319 g/mol. The second kappa shape index (κ2) is 7.20. The smallest absolute Gasteiger partial charge is 0.0456 e. The Bertz CT molecular complexity index is 778. The summed E-state index contributed by atoms with van der Waals surface area (Å²) in [5, 5.41) is 5.06. The molecule has 1 atom stereocenters. The van der Waals surface area contributed by atoms with Crippen LogP contribution in [0.3, 0.4) is 0 Å². The largest absolute Gasteiger partial charge is 0.361 e. The summed E-state index contributed by atoms with van der Waals surface area (Å²) in [7, 11) is 0. The van der Waals surface area contributed by atoms with Crippen LogP contribution in [-0.4, -0.2) is 42.1 Å². The van der Waals surface area contributed by atoms with Crippen molar-refractivity contribution in [3.63, 3.8) is 0 Å². The lowest BCUT2D eigenvalue weighted by atomic mass is 10.0. The van der Waals surface area contributed by atoms with E-state index >= 15 is 0 Å². The van der Waals surface area contributed by atoms with E-state index in [4.69, 9.17) is 0 Å². The molecule has 4 rings (SSSR count). The minimum Gasteiger partial charge on any atom is -0.361 e. The quantitative estimate of drug-likeness (QED) is 0.756. The van der Waals surface area contributed by atoms with E-state index in [1.165, 1.54) is 22.0 Å². The number of hydrogen-bond donors (Lipinski definition) is 2. The topological polar surface area (TPSA) is 31.1 Å². The first-order valence-corrected chi connectivity index (χ1v) is 8.93. The SMILES string of the molecule is c1ccc(CCN2CCN[C@H](Cc3c[nH]c4ccccc34)C2)cc1. The maximum atomic E-state index is 3.69. The third-order valence-electron chi connectivity index (χ3n) is 5.04. The Morgan fingerprint density at radius 1 is 1.00 bits per heavy atom. The normalized spacial score (nSPS) is 18.9. The molecule has 0 saturated carbocycles. The summed E-state index contributed by atoms with van der Waals surface area (Å²) in [6, 6.07) is 19.9. The summed E-state index contributed by atoms with van der Waals surface area (Å²) in [6.45, 7) is 4.52. The average Bonchev–Trinajstić information content (AvgIpc) is 3.04. The number of aromatic amines is 1. The van der Waals surface area contributed by atoms with Crippen molar-refractivity contribution in [3.05, 3.63) is 71.9 Å². The highest BCUT2D eigenvalue weighted by Gasteiger charge is 2.20. The van der Waals surface area contributed by atoms with E-state index < -0.39 is 0 Å². The third-order valence-corrected chi connectivity index (χ3v) is 5.04. The number of aromatic nitrogens is 1. The van der Waals surface area contributed by atoms with Crippen molar-refractivity contribution in [1.82, 2.24) is 15.2 Å². The number of para-hydroxylation sites is 1. The lowest BCUT2D eigenvalue weighted by Crippen LogP contribution is -2.51. The number of hydrogen-bond acceptors (Lipinski definition) is 2. The van der Waals surface area contributed by atoms with Crippen LogP contribution in [0.4, 0.5) is 0 Å². The zero-order valence-electron chi connectivity index (χ0n) is 14.0. The van der Waals surface area contributed by atoms with Gasteiger partial charge in [0.25, 0.3) is 0 Å². The maximum Gasteiger partial charge on any atom is 0.0456 e. The van der Waals surface area contributed by atoms with Crippen LogP contribution in [0.2, 0.25) is 0 Å². The maximum absolute atomic E-state index is 3.69. The number of fused-ring (bicyclic) bond motifs is 1. The van der Waals surface area contributed by atoms with Crippen molar-refractivity contribution >= 4 is 10.9 Å². The second-order valence-corrected chi connectivity index (χ2v) is 6.75. The summed E-state index contributed by atoms with van der Waals surface area (Å²) in [5.41, 5.74) is 4.10. The van der Waals surface area contributed by atoms with Crippen LogP contribution >= 0.6 is 0 Å². The highest BCUT2D eigenvalue weighted by molar-refractivity contribution is 5.83. The molecular weight excluding hydrogens is 294 g/mol. The van der Waals surface area contributed by atoms with Gasteiger partial charge in [0.15, 0.2) is 0 Å². The van der Waals surface area contributed by atoms with Crippen LogP contribution in [0.15, 0.2) is 60.8 Å². The second-order valence-electron chi connectivity index (χ2n) is 6.75. The van der Waals surface area contributed by atoms with Gasteiger partial charge < -0.3 is 15.2 Å². The average molecular weight is 319 g/mol. The van der Waals surface area contributed by atoms with E-state index in [1.807, 2.05) is 0 Å². The summed E-state index contributed by atoms with van der Waals surface area (Å²) in [5.74, 6) is 0. The lowest BCUT2D eigenvalue weighted by molar-refractivity contribution is 0.201. The van der Waals surface area contributed by atoms with Crippen molar-refractivity contribution in [3.8, 4) is 0 Å². The predicted molar refractivity (Wildman–Crippen MR) is 100 cm³/mol. The van der Waals surface area contributed by atoms with Gasteiger partial charge in [-0.25, -0.2) is 0 Å². The fourth-order valence-electron chi connectivity index (χ4n) is 3.73. The Balaban J connectivity index is 1.36.